The molecule has 4 heteroatoms. The van der Waals surface area contributed by atoms with Crippen LogP contribution in [0, 0.1) is 17.3 Å². The molecule has 2 aliphatic carbocycles. The van der Waals surface area contributed by atoms with Crippen molar-refractivity contribution in [2.75, 3.05) is 0 Å². The molecule has 0 amide bonds. The number of carbonyl (C=O) groups is 2. The predicted octanol–water partition coefficient (Wildman–Crippen LogP) is 5.04. The predicted molar refractivity (Wildman–Crippen MR) is 100 cm³/mol. The zero-order valence-corrected chi connectivity index (χ0v) is 17.7. The highest BCUT2D eigenvalue weighted by Crippen LogP contribution is 2.52. The van der Waals surface area contributed by atoms with Crippen LogP contribution in [0.4, 0.5) is 0 Å². The molecule has 0 aliphatic heterocycles. The quantitative estimate of drug-likeness (QED) is 0.656. The minimum atomic E-state index is -1.98. The maximum Gasteiger partial charge on any atom is 0.250 e. The summed E-state index contributed by atoms with van der Waals surface area (Å²) < 4.78 is 6.59. The second kappa shape index (κ2) is 5.69. The smallest absolute Gasteiger partial charge is 0.250 e. The monoisotopic (exact) mass is 348 g/mol. The van der Waals surface area contributed by atoms with E-state index < -0.39 is 13.7 Å². The van der Waals surface area contributed by atoms with Crippen LogP contribution in [-0.2, 0) is 14.0 Å². The molecular weight excluding hydrogens is 316 g/mol. The number of fused-ring (bicyclic) bond motifs is 1. The van der Waals surface area contributed by atoms with E-state index in [9.17, 15) is 9.59 Å². The van der Waals surface area contributed by atoms with Gasteiger partial charge < -0.3 is 4.43 Å². The molecule has 0 aromatic rings. The Bertz CT molecular complexity index is 648. The molecule has 3 atom stereocenters. The fourth-order valence-electron chi connectivity index (χ4n) is 3.82. The summed E-state index contributed by atoms with van der Waals surface area (Å²) in [4.78, 5) is 25.5. The normalized spacial score (nSPS) is 31.8. The molecule has 0 saturated carbocycles. The van der Waals surface area contributed by atoms with E-state index in [1.807, 2.05) is 6.92 Å². The Morgan fingerprint density at radius 3 is 2.25 bits per heavy atom. The summed E-state index contributed by atoms with van der Waals surface area (Å²) in [6, 6.07) is 0. The van der Waals surface area contributed by atoms with Crippen molar-refractivity contribution in [1.82, 2.24) is 0 Å². The average Bonchev–Trinajstić information content (AvgIpc) is 2.40. The van der Waals surface area contributed by atoms with Gasteiger partial charge in [-0.25, -0.2) is 0 Å². The Morgan fingerprint density at radius 1 is 1.21 bits per heavy atom. The molecule has 0 aromatic carbocycles. The molecular formula is C20H32O3Si. The highest BCUT2D eigenvalue weighted by atomic mass is 28.4. The van der Waals surface area contributed by atoms with Gasteiger partial charge in [0.05, 0.1) is 5.76 Å². The molecule has 24 heavy (non-hydrogen) atoms. The Morgan fingerprint density at radius 2 is 1.75 bits per heavy atom. The van der Waals surface area contributed by atoms with Gasteiger partial charge in [0.2, 0.25) is 8.32 Å². The standard InChI is InChI=1S/C20H32O3Si/c1-12-10-15(21)17-14(3)13(2)16(11-20(17,7)18(12)22)23-24(8,9)19(4,5)6/h10,14,17H,11H2,1-9H3/t14-,17-,20+/m1/s1. The van der Waals surface area contributed by atoms with Crippen LogP contribution in [0.5, 0.6) is 0 Å². The summed E-state index contributed by atoms with van der Waals surface area (Å²) in [5.74, 6) is 0.907. The van der Waals surface area contributed by atoms with Crippen molar-refractivity contribution in [1.29, 1.82) is 0 Å². The highest BCUT2D eigenvalue weighted by Gasteiger charge is 2.54. The second-order valence-corrected chi connectivity index (χ2v) is 14.1. The third kappa shape index (κ3) is 2.83. The first-order valence-electron chi connectivity index (χ1n) is 8.88. The Balaban J connectivity index is 2.48. The zero-order chi connectivity index (χ0) is 18.7. The Hall–Kier alpha value is -1.16. The number of allylic oxidation sites excluding steroid dienone is 4. The van der Waals surface area contributed by atoms with Crippen LogP contribution in [0.3, 0.4) is 0 Å². The number of rotatable bonds is 2. The van der Waals surface area contributed by atoms with E-state index in [0.717, 1.165) is 11.3 Å². The summed E-state index contributed by atoms with van der Waals surface area (Å²) in [7, 11) is -1.98. The third-order valence-electron chi connectivity index (χ3n) is 6.56. The summed E-state index contributed by atoms with van der Waals surface area (Å²) in [6.45, 7) is 18.9. The summed E-state index contributed by atoms with van der Waals surface area (Å²) in [5, 5.41) is 0.101. The lowest BCUT2D eigenvalue weighted by Crippen LogP contribution is -2.51. The minimum absolute atomic E-state index is 0.0318. The largest absolute Gasteiger partial charge is 0.547 e. The minimum Gasteiger partial charge on any atom is -0.547 e. The summed E-state index contributed by atoms with van der Waals surface area (Å²) >= 11 is 0. The van der Waals surface area contributed by atoms with E-state index in [4.69, 9.17) is 4.43 Å². The van der Waals surface area contributed by atoms with E-state index in [2.05, 4.69) is 47.7 Å². The molecule has 134 valence electrons. The maximum absolute atomic E-state index is 12.9. The van der Waals surface area contributed by atoms with Crippen LogP contribution in [0.1, 0.15) is 54.9 Å². The van der Waals surface area contributed by atoms with Gasteiger partial charge in [0.1, 0.15) is 0 Å². The maximum atomic E-state index is 12.9. The van der Waals surface area contributed by atoms with Crippen LogP contribution in [0.25, 0.3) is 0 Å². The van der Waals surface area contributed by atoms with Crippen molar-refractivity contribution < 1.29 is 14.0 Å². The third-order valence-corrected chi connectivity index (χ3v) is 10.9. The van der Waals surface area contributed by atoms with Gasteiger partial charge in [-0.05, 0) is 55.1 Å². The molecule has 0 heterocycles. The average molecular weight is 349 g/mol. The van der Waals surface area contributed by atoms with Gasteiger partial charge in [0.15, 0.2) is 11.6 Å². The van der Waals surface area contributed by atoms with Crippen molar-refractivity contribution in [3.63, 3.8) is 0 Å². The molecule has 0 bridgehead atoms. The van der Waals surface area contributed by atoms with Gasteiger partial charge in [0.25, 0.3) is 0 Å². The lowest BCUT2D eigenvalue weighted by molar-refractivity contribution is -0.139. The zero-order valence-electron chi connectivity index (χ0n) is 16.7. The number of hydrogen-bond acceptors (Lipinski definition) is 3. The molecule has 2 rings (SSSR count). The summed E-state index contributed by atoms with van der Waals surface area (Å²) in [6.07, 6.45) is 2.08. The van der Waals surface area contributed by atoms with Crippen LogP contribution in [-0.4, -0.2) is 19.9 Å². The van der Waals surface area contributed by atoms with E-state index in [-0.39, 0.29) is 28.4 Å². The first kappa shape index (κ1) is 19.2. The molecule has 0 N–H and O–H groups in total. The van der Waals surface area contributed by atoms with Gasteiger partial charge in [-0.2, -0.15) is 0 Å². The fourth-order valence-corrected chi connectivity index (χ4v) is 4.97. The number of carbonyl (C=O) groups excluding carboxylic acids is 2. The van der Waals surface area contributed by atoms with Gasteiger partial charge in [-0.15, -0.1) is 0 Å². The van der Waals surface area contributed by atoms with Crippen molar-refractivity contribution >= 4 is 19.9 Å². The van der Waals surface area contributed by atoms with E-state index >= 15 is 0 Å². The van der Waals surface area contributed by atoms with Crippen LogP contribution in [0.2, 0.25) is 18.1 Å². The number of ketones is 2. The SMILES string of the molecule is CC1=CC(=O)[C@H]2[C@H](C)C(C)=C(O[Si](C)(C)C(C)(C)C)C[C@]2(C)C1=O. The summed E-state index contributed by atoms with van der Waals surface area (Å²) in [5.41, 5.74) is 1.04. The Kier molecular flexibility index (Phi) is 4.54. The second-order valence-electron chi connectivity index (χ2n) is 9.39. The van der Waals surface area contributed by atoms with Crippen molar-refractivity contribution in [3.8, 4) is 0 Å². The van der Waals surface area contributed by atoms with Gasteiger partial charge in [-0.1, -0.05) is 34.6 Å². The number of hydrogen-bond donors (Lipinski definition) is 0. The van der Waals surface area contributed by atoms with Gasteiger partial charge in [-0.3, -0.25) is 9.59 Å². The first-order valence-corrected chi connectivity index (χ1v) is 11.8. The Labute approximate surface area is 147 Å². The van der Waals surface area contributed by atoms with Crippen LogP contribution >= 0.6 is 0 Å². The molecule has 2 aliphatic rings. The molecule has 0 unspecified atom stereocenters. The van der Waals surface area contributed by atoms with Crippen molar-refractivity contribution in [2.45, 2.75) is 73.0 Å². The van der Waals surface area contributed by atoms with Crippen LogP contribution in [0.15, 0.2) is 23.0 Å². The lowest BCUT2D eigenvalue weighted by Gasteiger charge is -2.48. The van der Waals surface area contributed by atoms with Crippen LogP contribution < -0.4 is 0 Å². The van der Waals surface area contributed by atoms with Gasteiger partial charge in [0, 0.05) is 17.8 Å². The fraction of sp³-hybridized carbons (Fsp3) is 0.700. The van der Waals surface area contributed by atoms with E-state index in [1.165, 1.54) is 6.08 Å². The lowest BCUT2D eigenvalue weighted by atomic mass is 9.56. The molecule has 0 fully saturated rings. The molecule has 0 aromatic heterocycles. The molecule has 0 radical (unpaired) electrons. The topological polar surface area (TPSA) is 43.4 Å². The first-order chi connectivity index (χ1) is 10.7. The van der Waals surface area contributed by atoms with Crippen molar-refractivity contribution in [2.24, 2.45) is 17.3 Å². The highest BCUT2D eigenvalue weighted by molar-refractivity contribution is 6.74. The van der Waals surface area contributed by atoms with E-state index in [0.29, 0.717) is 12.0 Å². The molecule has 0 spiro atoms. The van der Waals surface area contributed by atoms with Gasteiger partial charge >= 0.3 is 0 Å². The van der Waals surface area contributed by atoms with Crippen molar-refractivity contribution in [3.05, 3.63) is 23.0 Å². The molecule has 3 nitrogen and oxygen atoms in total. The number of Topliss-reactive ketones (excluding diaryl/α,β-unsaturated/α-hetero) is 1. The van der Waals surface area contributed by atoms with E-state index in [1.54, 1.807) is 6.92 Å². The molecule has 0 saturated heterocycles.